The number of hydrogen-bond donors (Lipinski definition) is 2. The minimum absolute atomic E-state index is 0.0405. The van der Waals surface area contributed by atoms with E-state index in [-0.39, 0.29) is 29.1 Å². The van der Waals surface area contributed by atoms with E-state index < -0.39 is 17.6 Å². The fourth-order valence-electron chi connectivity index (χ4n) is 4.49. The maximum atomic E-state index is 14.9. The summed E-state index contributed by atoms with van der Waals surface area (Å²) in [5, 5.41) is 12.5. The molecule has 0 aliphatic carbocycles. The topological polar surface area (TPSA) is 93.0 Å². The van der Waals surface area contributed by atoms with Crippen LogP contribution in [0.3, 0.4) is 0 Å². The zero-order chi connectivity index (χ0) is 26.8. The summed E-state index contributed by atoms with van der Waals surface area (Å²) in [6.45, 7) is 0.492. The zero-order valence-corrected chi connectivity index (χ0v) is 20.6. The van der Waals surface area contributed by atoms with Gasteiger partial charge in [-0.25, -0.2) is 18.6 Å². The fraction of sp³-hybridized carbons (Fsp3) is 0.138. The van der Waals surface area contributed by atoms with E-state index in [0.29, 0.717) is 23.7 Å². The van der Waals surface area contributed by atoms with Crippen LogP contribution in [0, 0.1) is 11.6 Å². The van der Waals surface area contributed by atoms with Crippen molar-refractivity contribution >= 4 is 23.2 Å². The molecule has 0 radical (unpaired) electrons. The molecule has 38 heavy (non-hydrogen) atoms. The molecule has 192 valence electrons. The summed E-state index contributed by atoms with van der Waals surface area (Å²) in [5.74, 6) is -1.79. The quantitative estimate of drug-likeness (QED) is 0.315. The summed E-state index contributed by atoms with van der Waals surface area (Å²) in [5.41, 5.74) is 4.37. The standard InChI is InChI=1S/C29H23F2N3O4/c1-37-15-16-6-8-19-21-12-26(34-18-7-9-20(29(35)36)25(11-18)38-2)32-13-17(21)14-33-28(22(19)10-16)27-23(30)4-3-5-24(27)31/h3-13H,14-15H2,1-2H3,(H,32,34)(H,35,36). The lowest BCUT2D eigenvalue weighted by Gasteiger charge is -2.15. The minimum atomic E-state index is -1.09. The van der Waals surface area contributed by atoms with Crippen molar-refractivity contribution in [3.8, 4) is 16.9 Å². The third-order valence-corrected chi connectivity index (χ3v) is 6.24. The van der Waals surface area contributed by atoms with E-state index in [4.69, 9.17) is 9.47 Å². The molecule has 7 nitrogen and oxygen atoms in total. The monoisotopic (exact) mass is 515 g/mol. The molecule has 0 saturated heterocycles. The van der Waals surface area contributed by atoms with Gasteiger partial charge in [0.1, 0.15) is 28.8 Å². The molecule has 0 bridgehead atoms. The van der Waals surface area contributed by atoms with Gasteiger partial charge in [-0.2, -0.15) is 0 Å². The molecule has 0 fully saturated rings. The summed E-state index contributed by atoms with van der Waals surface area (Å²) < 4.78 is 40.2. The Morgan fingerprint density at radius 2 is 1.79 bits per heavy atom. The fourth-order valence-corrected chi connectivity index (χ4v) is 4.49. The molecule has 2 heterocycles. The van der Waals surface area contributed by atoms with Crippen molar-refractivity contribution in [1.82, 2.24) is 4.98 Å². The Morgan fingerprint density at radius 3 is 2.50 bits per heavy atom. The van der Waals surface area contributed by atoms with E-state index in [0.717, 1.165) is 22.3 Å². The van der Waals surface area contributed by atoms with Gasteiger partial charge in [0.15, 0.2) is 0 Å². The third kappa shape index (κ3) is 4.71. The molecule has 1 aromatic heterocycles. The summed E-state index contributed by atoms with van der Waals surface area (Å²) in [6.07, 6.45) is 1.66. The van der Waals surface area contributed by atoms with Gasteiger partial charge in [-0.05, 0) is 58.7 Å². The number of pyridine rings is 1. The molecule has 5 rings (SSSR count). The van der Waals surface area contributed by atoms with E-state index in [9.17, 15) is 18.7 Å². The largest absolute Gasteiger partial charge is 0.496 e. The predicted octanol–water partition coefficient (Wildman–Crippen LogP) is 5.97. The maximum Gasteiger partial charge on any atom is 0.339 e. The number of nitrogens with one attached hydrogen (secondary N) is 1. The number of nitrogens with zero attached hydrogens (tertiary/aromatic N) is 2. The minimum Gasteiger partial charge on any atom is -0.496 e. The van der Waals surface area contributed by atoms with Gasteiger partial charge in [-0.1, -0.05) is 18.2 Å². The van der Waals surface area contributed by atoms with Crippen LogP contribution in [0.1, 0.15) is 32.6 Å². The number of rotatable bonds is 7. The van der Waals surface area contributed by atoms with E-state index >= 15 is 0 Å². The number of carboxylic acid groups (broad SMARTS) is 1. The SMILES string of the molecule is COCc1ccc2c(c1)C(c1c(F)cccc1F)=NCc1cnc(Nc3ccc(C(=O)O)c(OC)c3)cc1-2. The van der Waals surface area contributed by atoms with Gasteiger partial charge in [-0.15, -0.1) is 0 Å². The first-order valence-electron chi connectivity index (χ1n) is 11.7. The van der Waals surface area contributed by atoms with E-state index in [1.165, 1.54) is 31.4 Å². The highest BCUT2D eigenvalue weighted by Crippen LogP contribution is 2.36. The molecule has 1 aliphatic rings. The molecule has 4 aromatic rings. The number of ether oxygens (including phenoxy) is 2. The van der Waals surface area contributed by atoms with E-state index in [1.54, 1.807) is 25.4 Å². The Bertz CT molecular complexity index is 1570. The van der Waals surface area contributed by atoms with Crippen LogP contribution in [-0.4, -0.2) is 36.0 Å². The number of aromatic carboxylic acids is 1. The number of benzene rings is 3. The molecular weight excluding hydrogens is 492 g/mol. The number of carbonyl (C=O) groups is 1. The number of aliphatic imine (C=N–C) groups is 1. The summed E-state index contributed by atoms with van der Waals surface area (Å²) in [7, 11) is 2.98. The van der Waals surface area contributed by atoms with Crippen LogP contribution < -0.4 is 10.1 Å². The molecule has 0 saturated carbocycles. The van der Waals surface area contributed by atoms with Crippen molar-refractivity contribution in [2.24, 2.45) is 4.99 Å². The average Bonchev–Trinajstić information content (AvgIpc) is 3.05. The van der Waals surface area contributed by atoms with Crippen molar-refractivity contribution in [3.05, 3.63) is 106 Å². The lowest BCUT2D eigenvalue weighted by atomic mass is 9.91. The van der Waals surface area contributed by atoms with Gasteiger partial charge in [0.05, 0.1) is 31.5 Å². The number of aromatic nitrogens is 1. The van der Waals surface area contributed by atoms with Crippen LogP contribution in [0.5, 0.6) is 5.75 Å². The van der Waals surface area contributed by atoms with Gasteiger partial charge in [-0.3, -0.25) is 4.99 Å². The van der Waals surface area contributed by atoms with Crippen LogP contribution in [0.15, 0.2) is 71.9 Å². The Hall–Kier alpha value is -4.63. The van der Waals surface area contributed by atoms with Crippen molar-refractivity contribution in [2.45, 2.75) is 13.2 Å². The van der Waals surface area contributed by atoms with Gasteiger partial charge >= 0.3 is 5.97 Å². The second kappa shape index (κ2) is 10.4. The van der Waals surface area contributed by atoms with Gasteiger partial charge in [0.25, 0.3) is 0 Å². The molecule has 2 N–H and O–H groups in total. The summed E-state index contributed by atoms with van der Waals surface area (Å²) in [6, 6.07) is 15.8. The normalized spacial score (nSPS) is 12.2. The highest BCUT2D eigenvalue weighted by Gasteiger charge is 2.24. The highest BCUT2D eigenvalue weighted by molar-refractivity contribution is 6.17. The Balaban J connectivity index is 1.61. The van der Waals surface area contributed by atoms with Crippen LogP contribution in [-0.2, 0) is 17.9 Å². The first-order valence-corrected chi connectivity index (χ1v) is 11.7. The lowest BCUT2D eigenvalue weighted by molar-refractivity contribution is 0.0693. The molecule has 0 spiro atoms. The van der Waals surface area contributed by atoms with Crippen LogP contribution in [0.2, 0.25) is 0 Å². The van der Waals surface area contributed by atoms with Crippen LogP contribution in [0.25, 0.3) is 11.1 Å². The first kappa shape index (κ1) is 25.0. The lowest BCUT2D eigenvalue weighted by Crippen LogP contribution is -2.10. The number of halogens is 2. The maximum absolute atomic E-state index is 14.9. The highest BCUT2D eigenvalue weighted by atomic mass is 19.1. The second-order valence-electron chi connectivity index (χ2n) is 8.65. The zero-order valence-electron chi connectivity index (χ0n) is 20.6. The molecule has 1 aliphatic heterocycles. The summed E-state index contributed by atoms with van der Waals surface area (Å²) in [4.78, 5) is 20.5. The molecule has 0 atom stereocenters. The van der Waals surface area contributed by atoms with Gasteiger partial charge < -0.3 is 19.9 Å². The van der Waals surface area contributed by atoms with Crippen LogP contribution >= 0.6 is 0 Å². The first-order chi connectivity index (χ1) is 18.4. The molecule has 3 aromatic carbocycles. The molecule has 9 heteroatoms. The van der Waals surface area contributed by atoms with Gasteiger partial charge in [0.2, 0.25) is 0 Å². The number of hydrogen-bond acceptors (Lipinski definition) is 6. The van der Waals surface area contributed by atoms with Crippen molar-refractivity contribution in [3.63, 3.8) is 0 Å². The Kier molecular flexibility index (Phi) is 6.85. The number of fused-ring (bicyclic) bond motifs is 3. The molecule has 0 amide bonds. The number of carboxylic acids is 1. The van der Waals surface area contributed by atoms with Gasteiger partial charge in [0, 0.05) is 30.6 Å². The van der Waals surface area contributed by atoms with Crippen molar-refractivity contribution in [1.29, 1.82) is 0 Å². The van der Waals surface area contributed by atoms with E-state index in [2.05, 4.69) is 15.3 Å². The third-order valence-electron chi connectivity index (χ3n) is 6.24. The molecule has 0 unspecified atom stereocenters. The van der Waals surface area contributed by atoms with Crippen LogP contribution in [0.4, 0.5) is 20.3 Å². The second-order valence-corrected chi connectivity index (χ2v) is 8.65. The Morgan fingerprint density at radius 1 is 1.00 bits per heavy atom. The predicted molar refractivity (Wildman–Crippen MR) is 139 cm³/mol. The number of anilines is 2. The average molecular weight is 516 g/mol. The smallest absolute Gasteiger partial charge is 0.339 e. The van der Waals surface area contributed by atoms with Crippen molar-refractivity contribution in [2.75, 3.05) is 19.5 Å². The Labute approximate surface area is 217 Å². The summed E-state index contributed by atoms with van der Waals surface area (Å²) >= 11 is 0. The van der Waals surface area contributed by atoms with Crippen molar-refractivity contribution < 1.29 is 28.2 Å². The molecular formula is C29H23F2N3O4. The number of methoxy groups -OCH3 is 2. The van der Waals surface area contributed by atoms with E-state index in [1.807, 2.05) is 24.3 Å².